The van der Waals surface area contributed by atoms with Crippen molar-refractivity contribution in [2.75, 3.05) is 0 Å². The van der Waals surface area contributed by atoms with Crippen molar-refractivity contribution in [3.63, 3.8) is 0 Å². The largest absolute Gasteiger partial charge is 0.323 e. The number of hydrazone groups is 1. The van der Waals surface area contributed by atoms with Crippen LogP contribution in [0.2, 0.25) is 0 Å². The standard InChI is InChI=1S/C20H16N4O3/c25-20(17-10-2-4-12-19(17)23-14-5-6-15-23)22-21-13-7-9-16-8-1-3-11-18(16)24(26)27/h1-15H,(H,22,25)/b9-7+,21-13+. The molecule has 134 valence electrons. The molecule has 2 aromatic carbocycles. The lowest BCUT2D eigenvalue weighted by molar-refractivity contribution is -0.385. The fourth-order valence-corrected chi connectivity index (χ4v) is 2.53. The predicted molar refractivity (Wildman–Crippen MR) is 104 cm³/mol. The van der Waals surface area contributed by atoms with Gasteiger partial charge in [0, 0.05) is 24.7 Å². The van der Waals surface area contributed by atoms with Crippen LogP contribution in [0.15, 0.2) is 84.2 Å². The quantitative estimate of drug-likeness (QED) is 0.412. The summed E-state index contributed by atoms with van der Waals surface area (Å²) in [5.74, 6) is -0.352. The van der Waals surface area contributed by atoms with Gasteiger partial charge in [-0.2, -0.15) is 5.10 Å². The molecule has 1 N–H and O–H groups in total. The smallest absolute Gasteiger partial charge is 0.276 e. The number of para-hydroxylation sites is 2. The van der Waals surface area contributed by atoms with E-state index in [1.54, 1.807) is 36.4 Å². The number of hydrogen-bond acceptors (Lipinski definition) is 4. The van der Waals surface area contributed by atoms with E-state index in [2.05, 4.69) is 10.5 Å². The van der Waals surface area contributed by atoms with Crippen LogP contribution in [0.25, 0.3) is 11.8 Å². The lowest BCUT2D eigenvalue weighted by Crippen LogP contribution is -2.19. The normalized spacial score (nSPS) is 11.1. The molecule has 0 radical (unpaired) electrons. The van der Waals surface area contributed by atoms with Crippen molar-refractivity contribution in [1.29, 1.82) is 0 Å². The summed E-state index contributed by atoms with van der Waals surface area (Å²) >= 11 is 0. The summed E-state index contributed by atoms with van der Waals surface area (Å²) in [5, 5.41) is 14.8. The van der Waals surface area contributed by atoms with Gasteiger partial charge in [0.25, 0.3) is 11.6 Å². The topological polar surface area (TPSA) is 89.5 Å². The van der Waals surface area contributed by atoms with Gasteiger partial charge in [-0.25, -0.2) is 5.43 Å². The zero-order chi connectivity index (χ0) is 19.1. The summed E-state index contributed by atoms with van der Waals surface area (Å²) in [5.41, 5.74) is 4.14. The maximum absolute atomic E-state index is 12.4. The Kier molecular flexibility index (Phi) is 5.54. The summed E-state index contributed by atoms with van der Waals surface area (Å²) in [4.78, 5) is 22.9. The summed E-state index contributed by atoms with van der Waals surface area (Å²) in [6.07, 6.45) is 8.16. The molecule has 1 aromatic heterocycles. The van der Waals surface area contributed by atoms with Gasteiger partial charge in [0.1, 0.15) is 0 Å². The predicted octanol–water partition coefficient (Wildman–Crippen LogP) is 3.81. The van der Waals surface area contributed by atoms with Crippen molar-refractivity contribution in [3.05, 3.63) is 100 Å². The lowest BCUT2D eigenvalue weighted by atomic mass is 10.1. The van der Waals surface area contributed by atoms with Crippen LogP contribution < -0.4 is 5.43 Å². The van der Waals surface area contributed by atoms with E-state index < -0.39 is 4.92 Å². The number of carbonyl (C=O) groups excluding carboxylic acids is 1. The summed E-state index contributed by atoms with van der Waals surface area (Å²) in [6, 6.07) is 17.3. The van der Waals surface area contributed by atoms with Crippen LogP contribution in [0.5, 0.6) is 0 Å². The molecular formula is C20H16N4O3. The monoisotopic (exact) mass is 360 g/mol. The van der Waals surface area contributed by atoms with E-state index >= 15 is 0 Å². The highest BCUT2D eigenvalue weighted by Gasteiger charge is 2.11. The Balaban J connectivity index is 1.68. The molecule has 1 heterocycles. The highest BCUT2D eigenvalue weighted by Crippen LogP contribution is 2.18. The van der Waals surface area contributed by atoms with E-state index in [9.17, 15) is 14.9 Å². The first-order valence-electron chi connectivity index (χ1n) is 8.12. The van der Waals surface area contributed by atoms with Gasteiger partial charge in [-0.3, -0.25) is 14.9 Å². The van der Waals surface area contributed by atoms with Gasteiger partial charge < -0.3 is 4.57 Å². The van der Waals surface area contributed by atoms with Crippen molar-refractivity contribution in [2.24, 2.45) is 5.10 Å². The molecule has 0 atom stereocenters. The molecule has 0 unspecified atom stereocenters. The second-order valence-corrected chi connectivity index (χ2v) is 5.50. The second-order valence-electron chi connectivity index (χ2n) is 5.50. The Morgan fingerprint density at radius 3 is 2.52 bits per heavy atom. The zero-order valence-corrected chi connectivity index (χ0v) is 14.2. The number of rotatable bonds is 6. The van der Waals surface area contributed by atoms with Gasteiger partial charge in [0.2, 0.25) is 0 Å². The third-order valence-electron chi connectivity index (χ3n) is 3.77. The molecule has 0 aliphatic heterocycles. The number of allylic oxidation sites excluding steroid dienone is 1. The molecule has 0 spiro atoms. The maximum Gasteiger partial charge on any atom is 0.276 e. The summed E-state index contributed by atoms with van der Waals surface area (Å²) in [7, 11) is 0. The van der Waals surface area contributed by atoms with Crippen LogP contribution in [0.4, 0.5) is 5.69 Å². The van der Waals surface area contributed by atoms with E-state index in [0.29, 0.717) is 11.1 Å². The van der Waals surface area contributed by atoms with E-state index in [1.165, 1.54) is 18.4 Å². The van der Waals surface area contributed by atoms with Crippen LogP contribution in [0, 0.1) is 10.1 Å². The maximum atomic E-state index is 12.4. The minimum atomic E-state index is -0.448. The fraction of sp³-hybridized carbons (Fsp3) is 0. The Morgan fingerprint density at radius 1 is 1.04 bits per heavy atom. The van der Waals surface area contributed by atoms with Crippen molar-refractivity contribution >= 4 is 23.9 Å². The minimum Gasteiger partial charge on any atom is -0.323 e. The number of amides is 1. The number of nitrogens with zero attached hydrogens (tertiary/aromatic N) is 3. The average Bonchev–Trinajstić information content (AvgIpc) is 3.22. The van der Waals surface area contributed by atoms with Gasteiger partial charge >= 0.3 is 0 Å². The van der Waals surface area contributed by atoms with Crippen LogP contribution in [0.3, 0.4) is 0 Å². The minimum absolute atomic E-state index is 0.00633. The molecule has 0 fully saturated rings. The van der Waals surface area contributed by atoms with E-state index in [0.717, 1.165) is 5.69 Å². The molecule has 3 aromatic rings. The summed E-state index contributed by atoms with van der Waals surface area (Å²) < 4.78 is 1.84. The van der Waals surface area contributed by atoms with Gasteiger partial charge in [0.05, 0.1) is 21.7 Å². The number of nitrogens with one attached hydrogen (secondary N) is 1. The average molecular weight is 360 g/mol. The number of hydrogen-bond donors (Lipinski definition) is 1. The van der Waals surface area contributed by atoms with Crippen molar-refractivity contribution in [3.8, 4) is 5.69 Å². The summed E-state index contributed by atoms with van der Waals surface area (Å²) in [6.45, 7) is 0. The molecule has 0 aliphatic carbocycles. The van der Waals surface area contributed by atoms with Gasteiger partial charge in [0.15, 0.2) is 0 Å². The number of aromatic nitrogens is 1. The zero-order valence-electron chi connectivity index (χ0n) is 14.2. The number of carbonyl (C=O) groups is 1. The second kappa shape index (κ2) is 8.39. The Morgan fingerprint density at radius 2 is 1.74 bits per heavy atom. The van der Waals surface area contributed by atoms with Gasteiger partial charge in [-0.1, -0.05) is 24.3 Å². The lowest BCUT2D eigenvalue weighted by Gasteiger charge is -2.08. The molecule has 27 heavy (non-hydrogen) atoms. The van der Waals surface area contributed by atoms with Crippen molar-refractivity contribution in [1.82, 2.24) is 9.99 Å². The number of nitro benzene ring substituents is 1. The molecule has 1 amide bonds. The van der Waals surface area contributed by atoms with Crippen LogP contribution >= 0.6 is 0 Å². The van der Waals surface area contributed by atoms with Gasteiger partial charge in [-0.15, -0.1) is 0 Å². The third-order valence-corrected chi connectivity index (χ3v) is 3.77. The first-order valence-corrected chi connectivity index (χ1v) is 8.12. The van der Waals surface area contributed by atoms with Crippen LogP contribution in [-0.4, -0.2) is 21.6 Å². The Hall–Kier alpha value is -4.00. The van der Waals surface area contributed by atoms with Crippen molar-refractivity contribution < 1.29 is 9.72 Å². The fourth-order valence-electron chi connectivity index (χ4n) is 2.53. The Labute approximate surface area is 155 Å². The highest BCUT2D eigenvalue weighted by atomic mass is 16.6. The molecule has 0 bridgehead atoms. The molecular weight excluding hydrogens is 344 g/mol. The first kappa shape index (κ1) is 17.8. The molecule has 7 nitrogen and oxygen atoms in total. The van der Waals surface area contributed by atoms with E-state index in [-0.39, 0.29) is 11.6 Å². The van der Waals surface area contributed by atoms with E-state index in [1.807, 2.05) is 41.2 Å². The first-order chi connectivity index (χ1) is 13.2. The van der Waals surface area contributed by atoms with E-state index in [4.69, 9.17) is 0 Å². The van der Waals surface area contributed by atoms with Gasteiger partial charge in [-0.05, 0) is 42.5 Å². The number of nitro groups is 1. The van der Waals surface area contributed by atoms with Crippen molar-refractivity contribution in [2.45, 2.75) is 0 Å². The molecule has 0 aliphatic rings. The molecule has 0 saturated heterocycles. The van der Waals surface area contributed by atoms with Crippen LogP contribution in [0.1, 0.15) is 15.9 Å². The Bertz CT molecular complexity index is 1010. The third kappa shape index (κ3) is 4.35. The van der Waals surface area contributed by atoms with Crippen LogP contribution in [-0.2, 0) is 0 Å². The molecule has 3 rings (SSSR count). The SMILES string of the molecule is O=C(N/N=C/C=C/c1ccccc1[N+](=O)[O-])c1ccccc1-n1cccc1. The molecule has 7 heteroatoms. The number of benzene rings is 2. The molecule has 0 saturated carbocycles. The highest BCUT2D eigenvalue weighted by molar-refractivity contribution is 5.98.